The Balaban J connectivity index is 2.83. The second kappa shape index (κ2) is 4.96. The Hall–Kier alpha value is -1.09. The van der Waals surface area contributed by atoms with Crippen LogP contribution in [-0.2, 0) is 0 Å². The summed E-state index contributed by atoms with van der Waals surface area (Å²) in [6, 6.07) is 6.83. The zero-order valence-electron chi connectivity index (χ0n) is 8.70. The van der Waals surface area contributed by atoms with E-state index >= 15 is 0 Å². The minimum absolute atomic E-state index is 0.0505. The van der Waals surface area contributed by atoms with Gasteiger partial charge in [-0.05, 0) is 26.0 Å². The molecule has 0 saturated carbocycles. The Bertz CT molecular complexity index is 286. The van der Waals surface area contributed by atoms with Gasteiger partial charge in [0.05, 0.1) is 5.69 Å². The van der Waals surface area contributed by atoms with Gasteiger partial charge in [-0.3, -0.25) is 0 Å². The number of likely N-dealkylation sites (N-methyl/N-ethyl adjacent to an activating group) is 1. The van der Waals surface area contributed by atoms with Gasteiger partial charge >= 0.3 is 0 Å². The predicted molar refractivity (Wildman–Crippen MR) is 57.9 cm³/mol. The summed E-state index contributed by atoms with van der Waals surface area (Å²) in [5.74, 6) is -0.185. The van der Waals surface area contributed by atoms with Gasteiger partial charge in [0, 0.05) is 19.1 Å². The number of anilines is 1. The number of nitrogens with two attached hydrogens (primary N) is 1. The van der Waals surface area contributed by atoms with E-state index in [1.54, 1.807) is 12.1 Å². The molecule has 0 saturated heterocycles. The smallest absolute Gasteiger partial charge is 0.146 e. The molecule has 14 heavy (non-hydrogen) atoms. The molecule has 1 aromatic carbocycles. The van der Waals surface area contributed by atoms with Crippen molar-refractivity contribution in [1.29, 1.82) is 0 Å². The fraction of sp³-hybridized carbons (Fsp3) is 0.455. The highest BCUT2D eigenvalue weighted by molar-refractivity contribution is 5.47. The summed E-state index contributed by atoms with van der Waals surface area (Å²) in [4.78, 5) is 1.94. The van der Waals surface area contributed by atoms with Crippen molar-refractivity contribution in [1.82, 2.24) is 0 Å². The highest BCUT2D eigenvalue weighted by Gasteiger charge is 2.10. The Morgan fingerprint density at radius 1 is 1.43 bits per heavy atom. The molecule has 0 spiro atoms. The van der Waals surface area contributed by atoms with Gasteiger partial charge < -0.3 is 10.6 Å². The highest BCUT2D eigenvalue weighted by atomic mass is 19.1. The van der Waals surface area contributed by atoms with E-state index in [2.05, 4.69) is 0 Å². The third-order valence-electron chi connectivity index (χ3n) is 2.08. The molecule has 0 fully saturated rings. The van der Waals surface area contributed by atoms with Crippen LogP contribution in [0.25, 0.3) is 0 Å². The van der Waals surface area contributed by atoms with Gasteiger partial charge in [-0.1, -0.05) is 12.1 Å². The lowest BCUT2D eigenvalue weighted by Gasteiger charge is -2.25. The molecule has 2 nitrogen and oxygen atoms in total. The summed E-state index contributed by atoms with van der Waals surface area (Å²) in [5.41, 5.74) is 6.32. The van der Waals surface area contributed by atoms with Crippen LogP contribution in [-0.4, -0.2) is 19.1 Å². The van der Waals surface area contributed by atoms with E-state index in [4.69, 9.17) is 5.73 Å². The fourth-order valence-electron chi connectivity index (χ4n) is 1.45. The van der Waals surface area contributed by atoms with Crippen LogP contribution in [0.2, 0.25) is 0 Å². The minimum Gasteiger partial charge on any atom is -0.368 e. The van der Waals surface area contributed by atoms with Gasteiger partial charge in [-0.2, -0.15) is 0 Å². The minimum atomic E-state index is -0.185. The largest absolute Gasteiger partial charge is 0.368 e. The van der Waals surface area contributed by atoms with E-state index in [0.717, 1.165) is 6.54 Å². The number of benzene rings is 1. The lowest BCUT2D eigenvalue weighted by atomic mass is 10.2. The summed E-state index contributed by atoms with van der Waals surface area (Å²) in [7, 11) is 0. The highest BCUT2D eigenvalue weighted by Crippen LogP contribution is 2.18. The van der Waals surface area contributed by atoms with Gasteiger partial charge in [-0.15, -0.1) is 0 Å². The van der Waals surface area contributed by atoms with Crippen molar-refractivity contribution in [2.75, 3.05) is 18.0 Å². The van der Waals surface area contributed by atoms with Crippen LogP contribution in [0.5, 0.6) is 0 Å². The van der Waals surface area contributed by atoms with Crippen LogP contribution in [0, 0.1) is 5.82 Å². The zero-order valence-corrected chi connectivity index (χ0v) is 8.70. The number of para-hydroxylation sites is 1. The number of hydrogen-bond acceptors (Lipinski definition) is 2. The number of hydrogen-bond donors (Lipinski definition) is 1. The van der Waals surface area contributed by atoms with Gasteiger partial charge in [-0.25, -0.2) is 4.39 Å². The Morgan fingerprint density at radius 2 is 2.07 bits per heavy atom. The lowest BCUT2D eigenvalue weighted by Crippen LogP contribution is -2.35. The van der Waals surface area contributed by atoms with Crippen LogP contribution in [0.4, 0.5) is 10.1 Å². The SMILES string of the molecule is CCN(CC(C)N)c1ccccc1F. The number of halogens is 1. The molecular formula is C11H17FN2. The standard InChI is InChI=1S/C11H17FN2/c1-3-14(8-9(2)13)11-7-5-4-6-10(11)12/h4-7,9H,3,8,13H2,1-2H3. The quantitative estimate of drug-likeness (QED) is 0.798. The van der Waals surface area contributed by atoms with Crippen LogP contribution in [0.15, 0.2) is 24.3 Å². The molecule has 0 heterocycles. The maximum atomic E-state index is 13.4. The van der Waals surface area contributed by atoms with Crippen LogP contribution < -0.4 is 10.6 Å². The molecule has 0 bridgehead atoms. The normalized spacial score (nSPS) is 12.6. The third kappa shape index (κ3) is 2.70. The van der Waals surface area contributed by atoms with Crippen molar-refractivity contribution in [3.63, 3.8) is 0 Å². The van der Waals surface area contributed by atoms with Gasteiger partial charge in [0.1, 0.15) is 5.82 Å². The third-order valence-corrected chi connectivity index (χ3v) is 2.08. The van der Waals surface area contributed by atoms with Crippen molar-refractivity contribution in [2.45, 2.75) is 19.9 Å². The Kier molecular flexibility index (Phi) is 3.89. The molecule has 3 heteroatoms. The molecule has 1 aromatic rings. The lowest BCUT2D eigenvalue weighted by molar-refractivity contribution is 0.609. The predicted octanol–water partition coefficient (Wildman–Crippen LogP) is 2.00. The molecule has 0 aromatic heterocycles. The molecule has 2 N–H and O–H groups in total. The molecule has 0 amide bonds. The van der Waals surface area contributed by atoms with Gasteiger partial charge in [0.15, 0.2) is 0 Å². The van der Waals surface area contributed by atoms with E-state index in [1.165, 1.54) is 6.07 Å². The van der Waals surface area contributed by atoms with Crippen molar-refractivity contribution in [2.24, 2.45) is 5.73 Å². The molecule has 0 aliphatic heterocycles. The molecule has 1 unspecified atom stereocenters. The van der Waals surface area contributed by atoms with Crippen LogP contribution >= 0.6 is 0 Å². The summed E-state index contributed by atoms with van der Waals surface area (Å²) in [5, 5.41) is 0. The maximum Gasteiger partial charge on any atom is 0.146 e. The molecule has 0 aliphatic carbocycles. The van der Waals surface area contributed by atoms with Crippen molar-refractivity contribution >= 4 is 5.69 Å². The Morgan fingerprint density at radius 3 is 2.57 bits per heavy atom. The van der Waals surface area contributed by atoms with Crippen molar-refractivity contribution in [3.8, 4) is 0 Å². The summed E-state index contributed by atoms with van der Waals surface area (Å²) in [6.07, 6.45) is 0. The first-order chi connectivity index (χ1) is 6.65. The van der Waals surface area contributed by atoms with Crippen LogP contribution in [0.3, 0.4) is 0 Å². The van der Waals surface area contributed by atoms with Crippen molar-refractivity contribution < 1.29 is 4.39 Å². The molecule has 78 valence electrons. The van der Waals surface area contributed by atoms with E-state index in [1.807, 2.05) is 24.8 Å². The first kappa shape index (κ1) is 11.0. The summed E-state index contributed by atoms with van der Waals surface area (Å²) < 4.78 is 13.4. The second-order valence-corrected chi connectivity index (χ2v) is 3.47. The summed E-state index contributed by atoms with van der Waals surface area (Å²) >= 11 is 0. The monoisotopic (exact) mass is 196 g/mol. The van der Waals surface area contributed by atoms with Crippen LogP contribution in [0.1, 0.15) is 13.8 Å². The maximum absolute atomic E-state index is 13.4. The average molecular weight is 196 g/mol. The zero-order chi connectivity index (χ0) is 10.6. The Labute approximate surface area is 84.5 Å². The van der Waals surface area contributed by atoms with E-state index in [-0.39, 0.29) is 11.9 Å². The molecule has 0 aliphatic rings. The summed E-state index contributed by atoms with van der Waals surface area (Å²) in [6.45, 7) is 5.36. The average Bonchev–Trinajstić information content (AvgIpc) is 2.15. The second-order valence-electron chi connectivity index (χ2n) is 3.47. The van der Waals surface area contributed by atoms with E-state index in [9.17, 15) is 4.39 Å². The first-order valence-electron chi connectivity index (χ1n) is 4.90. The molecule has 1 rings (SSSR count). The fourth-order valence-corrected chi connectivity index (χ4v) is 1.45. The molecular weight excluding hydrogens is 179 g/mol. The van der Waals surface area contributed by atoms with E-state index in [0.29, 0.717) is 12.2 Å². The molecule has 0 radical (unpaired) electrons. The topological polar surface area (TPSA) is 29.3 Å². The van der Waals surface area contributed by atoms with Crippen molar-refractivity contribution in [3.05, 3.63) is 30.1 Å². The number of rotatable bonds is 4. The first-order valence-corrected chi connectivity index (χ1v) is 4.90. The number of nitrogens with zero attached hydrogens (tertiary/aromatic N) is 1. The van der Waals surface area contributed by atoms with Gasteiger partial charge in [0.25, 0.3) is 0 Å². The van der Waals surface area contributed by atoms with E-state index < -0.39 is 0 Å². The van der Waals surface area contributed by atoms with Gasteiger partial charge in [0.2, 0.25) is 0 Å². The molecule has 1 atom stereocenters.